The molecule has 0 unspecified atom stereocenters. The largest absolute Gasteiger partial charge is 0.398 e. The first-order valence-electron chi connectivity index (χ1n) is 6.35. The van der Waals surface area contributed by atoms with Gasteiger partial charge in [0.05, 0.1) is 10.5 Å². The van der Waals surface area contributed by atoms with Gasteiger partial charge < -0.3 is 11.1 Å². The molecule has 0 heterocycles. The van der Waals surface area contributed by atoms with E-state index in [1.54, 1.807) is 0 Å². The van der Waals surface area contributed by atoms with Crippen LogP contribution in [0.25, 0.3) is 0 Å². The Bertz CT molecular complexity index is 698. The van der Waals surface area contributed by atoms with Gasteiger partial charge in [0, 0.05) is 24.4 Å². The minimum Gasteiger partial charge on any atom is -0.398 e. The summed E-state index contributed by atoms with van der Waals surface area (Å²) in [6.45, 7) is 2.29. The van der Waals surface area contributed by atoms with Gasteiger partial charge in [0.2, 0.25) is 0 Å². The van der Waals surface area contributed by atoms with Crippen LogP contribution in [0.5, 0.6) is 0 Å². The number of carbonyl (C=O) groups excluding carboxylic acids is 1. The molecule has 0 aromatic heterocycles. The van der Waals surface area contributed by atoms with Gasteiger partial charge in [-0.15, -0.1) is 0 Å². The Balaban J connectivity index is 2.15. The maximum absolute atomic E-state index is 12.1. The van der Waals surface area contributed by atoms with E-state index in [1.165, 1.54) is 18.2 Å². The topological polar surface area (TPSA) is 98.3 Å². The Morgan fingerprint density at radius 3 is 2.67 bits per heavy atom. The highest BCUT2D eigenvalue weighted by atomic mass is 16.6. The smallest absolute Gasteiger partial charge is 0.270 e. The summed E-state index contributed by atoms with van der Waals surface area (Å²) >= 11 is 0. The molecule has 6 heteroatoms. The zero-order chi connectivity index (χ0) is 15.4. The van der Waals surface area contributed by atoms with Crippen molar-refractivity contribution in [3.63, 3.8) is 0 Å². The predicted molar refractivity (Wildman–Crippen MR) is 79.9 cm³/mol. The maximum Gasteiger partial charge on any atom is 0.270 e. The van der Waals surface area contributed by atoms with Crippen LogP contribution >= 0.6 is 0 Å². The zero-order valence-electron chi connectivity index (χ0n) is 11.5. The van der Waals surface area contributed by atoms with Crippen LogP contribution in [-0.2, 0) is 6.54 Å². The fraction of sp³-hybridized carbons (Fsp3) is 0.133. The summed E-state index contributed by atoms with van der Waals surface area (Å²) in [6, 6.07) is 11.5. The molecule has 2 rings (SSSR count). The second kappa shape index (κ2) is 6.04. The first kappa shape index (κ1) is 14.5. The number of hydrogen-bond acceptors (Lipinski definition) is 4. The first-order chi connectivity index (χ1) is 9.99. The monoisotopic (exact) mass is 285 g/mol. The van der Waals surface area contributed by atoms with E-state index in [0.29, 0.717) is 6.54 Å². The lowest BCUT2D eigenvalue weighted by molar-refractivity contribution is -0.384. The van der Waals surface area contributed by atoms with Crippen LogP contribution in [-0.4, -0.2) is 10.8 Å². The summed E-state index contributed by atoms with van der Waals surface area (Å²) in [5.41, 5.74) is 7.91. The molecule has 0 radical (unpaired) electrons. The third-order valence-electron chi connectivity index (χ3n) is 3.19. The number of nitrogens with zero attached hydrogens (tertiary/aromatic N) is 1. The molecule has 2 aromatic rings. The van der Waals surface area contributed by atoms with Crippen LogP contribution in [0.1, 0.15) is 21.5 Å². The number of aryl methyl sites for hydroxylation is 1. The number of nitro groups is 1. The molecule has 6 nitrogen and oxygen atoms in total. The standard InChI is InChI=1S/C15H15N3O3/c1-10-4-2-3-5-11(10)9-17-15(19)13-8-12(18(20)21)6-7-14(13)16/h2-8H,9,16H2,1H3,(H,17,19). The Labute approximate surface area is 121 Å². The van der Waals surface area contributed by atoms with E-state index in [4.69, 9.17) is 5.73 Å². The average Bonchev–Trinajstić information content (AvgIpc) is 2.46. The molecule has 21 heavy (non-hydrogen) atoms. The van der Waals surface area contributed by atoms with Crippen molar-refractivity contribution < 1.29 is 9.72 Å². The van der Waals surface area contributed by atoms with E-state index >= 15 is 0 Å². The number of nitrogen functional groups attached to an aromatic ring is 1. The van der Waals surface area contributed by atoms with Gasteiger partial charge in [0.1, 0.15) is 0 Å². The van der Waals surface area contributed by atoms with Gasteiger partial charge in [-0.05, 0) is 24.1 Å². The Morgan fingerprint density at radius 2 is 2.00 bits per heavy atom. The van der Waals surface area contributed by atoms with Crippen LogP contribution in [0.4, 0.5) is 11.4 Å². The van der Waals surface area contributed by atoms with Gasteiger partial charge in [-0.2, -0.15) is 0 Å². The molecule has 0 saturated carbocycles. The molecule has 0 spiro atoms. The highest BCUT2D eigenvalue weighted by Crippen LogP contribution is 2.19. The summed E-state index contributed by atoms with van der Waals surface area (Å²) in [7, 11) is 0. The van der Waals surface area contributed by atoms with Gasteiger partial charge in [0.25, 0.3) is 11.6 Å². The van der Waals surface area contributed by atoms with Gasteiger partial charge in [0.15, 0.2) is 0 Å². The molecule has 0 atom stereocenters. The van der Waals surface area contributed by atoms with E-state index in [0.717, 1.165) is 11.1 Å². The molecular formula is C15H15N3O3. The number of rotatable bonds is 4. The summed E-state index contributed by atoms with van der Waals surface area (Å²) in [4.78, 5) is 22.3. The Hall–Kier alpha value is -2.89. The fourth-order valence-corrected chi connectivity index (χ4v) is 1.93. The molecule has 108 valence electrons. The molecule has 0 aliphatic heterocycles. The molecule has 0 fully saturated rings. The third-order valence-corrected chi connectivity index (χ3v) is 3.19. The minimum atomic E-state index is -0.558. The lowest BCUT2D eigenvalue weighted by Gasteiger charge is -2.09. The number of anilines is 1. The van der Waals surface area contributed by atoms with E-state index in [-0.39, 0.29) is 16.9 Å². The number of hydrogen-bond donors (Lipinski definition) is 2. The van der Waals surface area contributed by atoms with Crippen molar-refractivity contribution in [2.24, 2.45) is 0 Å². The second-order valence-corrected chi connectivity index (χ2v) is 4.64. The molecule has 1 amide bonds. The molecule has 3 N–H and O–H groups in total. The average molecular weight is 285 g/mol. The molecular weight excluding hydrogens is 270 g/mol. The number of nitro benzene ring substituents is 1. The minimum absolute atomic E-state index is 0.109. The van der Waals surface area contributed by atoms with Crippen molar-refractivity contribution in [3.8, 4) is 0 Å². The van der Waals surface area contributed by atoms with Gasteiger partial charge in [-0.25, -0.2) is 0 Å². The maximum atomic E-state index is 12.1. The number of nitrogens with two attached hydrogens (primary N) is 1. The number of amides is 1. The fourth-order valence-electron chi connectivity index (χ4n) is 1.93. The molecule has 0 aliphatic rings. The lowest BCUT2D eigenvalue weighted by atomic mass is 10.1. The molecule has 0 aliphatic carbocycles. The highest BCUT2D eigenvalue weighted by molar-refractivity contribution is 5.99. The van der Waals surface area contributed by atoms with Crippen molar-refractivity contribution >= 4 is 17.3 Å². The first-order valence-corrected chi connectivity index (χ1v) is 6.35. The van der Waals surface area contributed by atoms with Crippen LogP contribution in [0.2, 0.25) is 0 Å². The third kappa shape index (κ3) is 3.36. The highest BCUT2D eigenvalue weighted by Gasteiger charge is 2.15. The van der Waals surface area contributed by atoms with E-state index in [1.807, 2.05) is 31.2 Å². The molecule has 0 saturated heterocycles. The Morgan fingerprint density at radius 1 is 1.29 bits per heavy atom. The number of nitrogens with one attached hydrogen (secondary N) is 1. The zero-order valence-corrected chi connectivity index (χ0v) is 11.5. The van der Waals surface area contributed by atoms with Crippen LogP contribution in [0, 0.1) is 17.0 Å². The van der Waals surface area contributed by atoms with Crippen LogP contribution in [0.15, 0.2) is 42.5 Å². The van der Waals surface area contributed by atoms with Crippen LogP contribution < -0.4 is 11.1 Å². The van der Waals surface area contributed by atoms with E-state index < -0.39 is 10.8 Å². The second-order valence-electron chi connectivity index (χ2n) is 4.64. The van der Waals surface area contributed by atoms with Gasteiger partial charge >= 0.3 is 0 Å². The van der Waals surface area contributed by atoms with Gasteiger partial charge in [-0.1, -0.05) is 24.3 Å². The summed E-state index contributed by atoms with van der Waals surface area (Å²) in [6.07, 6.45) is 0. The van der Waals surface area contributed by atoms with Crippen molar-refractivity contribution in [1.82, 2.24) is 5.32 Å². The summed E-state index contributed by atoms with van der Waals surface area (Å²) in [5.74, 6) is -0.431. The van der Waals surface area contributed by atoms with Crippen molar-refractivity contribution in [3.05, 3.63) is 69.3 Å². The van der Waals surface area contributed by atoms with Crippen molar-refractivity contribution in [2.75, 3.05) is 5.73 Å². The number of benzene rings is 2. The van der Waals surface area contributed by atoms with E-state index in [2.05, 4.69) is 5.32 Å². The number of non-ortho nitro benzene ring substituents is 1. The van der Waals surface area contributed by atoms with Gasteiger partial charge in [-0.3, -0.25) is 14.9 Å². The Kier molecular flexibility index (Phi) is 4.18. The summed E-state index contributed by atoms with van der Waals surface area (Å²) in [5, 5.41) is 13.5. The number of carbonyl (C=O) groups is 1. The predicted octanol–water partition coefficient (Wildman–Crippen LogP) is 2.42. The quantitative estimate of drug-likeness (QED) is 0.512. The molecule has 0 bridgehead atoms. The summed E-state index contributed by atoms with van der Waals surface area (Å²) < 4.78 is 0. The lowest BCUT2D eigenvalue weighted by Crippen LogP contribution is -2.24. The SMILES string of the molecule is Cc1ccccc1CNC(=O)c1cc([N+](=O)[O-])ccc1N. The van der Waals surface area contributed by atoms with Crippen LogP contribution in [0.3, 0.4) is 0 Å². The molecule has 2 aromatic carbocycles. The normalized spacial score (nSPS) is 10.1. The van der Waals surface area contributed by atoms with E-state index in [9.17, 15) is 14.9 Å². The van der Waals surface area contributed by atoms with Crippen molar-refractivity contribution in [1.29, 1.82) is 0 Å². The van der Waals surface area contributed by atoms with Crippen molar-refractivity contribution in [2.45, 2.75) is 13.5 Å².